The molecule has 0 saturated heterocycles. The van der Waals surface area contributed by atoms with E-state index in [2.05, 4.69) is 22.3 Å². The van der Waals surface area contributed by atoms with Crippen LogP contribution in [0.5, 0.6) is 0 Å². The van der Waals surface area contributed by atoms with Crippen molar-refractivity contribution in [3.8, 4) is 0 Å². The summed E-state index contributed by atoms with van der Waals surface area (Å²) >= 11 is 5.71. The third-order valence-electron chi connectivity index (χ3n) is 2.31. The smallest absolute Gasteiger partial charge is 0.129 e. The average Bonchev–Trinajstić information content (AvgIpc) is 2.76. The fourth-order valence-electron chi connectivity index (χ4n) is 1.47. The van der Waals surface area contributed by atoms with Crippen molar-refractivity contribution in [1.82, 2.24) is 14.8 Å². The summed E-state index contributed by atoms with van der Waals surface area (Å²) in [4.78, 5) is 4.00. The lowest BCUT2D eigenvalue weighted by molar-refractivity contribution is 0.627. The number of nitrogens with one attached hydrogen (secondary N) is 1. The van der Waals surface area contributed by atoms with Gasteiger partial charge in [0.25, 0.3) is 0 Å². The first-order valence-electron chi connectivity index (χ1n) is 5.15. The Morgan fingerprint density at radius 1 is 1.38 bits per heavy atom. The maximum absolute atomic E-state index is 5.71. The predicted molar refractivity (Wildman–Crippen MR) is 64.5 cm³/mol. The number of rotatable bonds is 4. The zero-order valence-electron chi connectivity index (χ0n) is 9.02. The quantitative estimate of drug-likeness (QED) is 0.830. The van der Waals surface area contributed by atoms with Gasteiger partial charge in [0.15, 0.2) is 0 Å². The molecule has 0 saturated carbocycles. The molecule has 0 aliphatic heterocycles. The minimum Gasteiger partial charge on any atom is -0.378 e. The van der Waals surface area contributed by atoms with Gasteiger partial charge in [-0.25, -0.2) is 4.98 Å². The van der Waals surface area contributed by atoms with Crippen molar-refractivity contribution in [1.29, 1.82) is 0 Å². The van der Waals surface area contributed by atoms with Gasteiger partial charge in [-0.05, 0) is 25.1 Å². The largest absolute Gasteiger partial charge is 0.378 e. The SMILES string of the molecule is CCn1nccc1CNc1ccc(Cl)nc1. The summed E-state index contributed by atoms with van der Waals surface area (Å²) in [5.74, 6) is 0. The zero-order chi connectivity index (χ0) is 11.4. The van der Waals surface area contributed by atoms with Crippen molar-refractivity contribution in [3.63, 3.8) is 0 Å². The van der Waals surface area contributed by atoms with E-state index in [0.29, 0.717) is 5.15 Å². The van der Waals surface area contributed by atoms with Crippen molar-refractivity contribution < 1.29 is 0 Å². The van der Waals surface area contributed by atoms with Gasteiger partial charge in [0.1, 0.15) is 5.15 Å². The molecule has 16 heavy (non-hydrogen) atoms. The Morgan fingerprint density at radius 2 is 2.25 bits per heavy atom. The summed E-state index contributed by atoms with van der Waals surface area (Å²) in [6.07, 6.45) is 3.52. The van der Waals surface area contributed by atoms with E-state index in [4.69, 9.17) is 11.6 Å². The molecule has 0 bridgehead atoms. The van der Waals surface area contributed by atoms with E-state index in [0.717, 1.165) is 24.5 Å². The Kier molecular flexibility index (Phi) is 3.41. The molecule has 0 amide bonds. The Balaban J connectivity index is 1.99. The molecule has 0 atom stereocenters. The van der Waals surface area contributed by atoms with Crippen LogP contribution in [0.4, 0.5) is 5.69 Å². The first-order chi connectivity index (χ1) is 7.79. The fourth-order valence-corrected chi connectivity index (χ4v) is 1.58. The van der Waals surface area contributed by atoms with Crippen LogP contribution in [0.3, 0.4) is 0 Å². The molecule has 0 spiro atoms. The van der Waals surface area contributed by atoms with Crippen molar-refractivity contribution in [2.24, 2.45) is 0 Å². The van der Waals surface area contributed by atoms with Gasteiger partial charge in [0.2, 0.25) is 0 Å². The van der Waals surface area contributed by atoms with Crippen LogP contribution >= 0.6 is 11.6 Å². The zero-order valence-corrected chi connectivity index (χ0v) is 9.78. The molecule has 2 heterocycles. The molecule has 0 aliphatic rings. The molecule has 2 aromatic rings. The third-order valence-corrected chi connectivity index (χ3v) is 2.53. The highest BCUT2D eigenvalue weighted by molar-refractivity contribution is 6.29. The van der Waals surface area contributed by atoms with Crippen LogP contribution < -0.4 is 5.32 Å². The van der Waals surface area contributed by atoms with E-state index in [-0.39, 0.29) is 0 Å². The van der Waals surface area contributed by atoms with Crippen LogP contribution in [0.2, 0.25) is 5.15 Å². The second-order valence-electron chi connectivity index (χ2n) is 3.36. The predicted octanol–water partition coefficient (Wildman–Crippen LogP) is 2.56. The third kappa shape index (κ3) is 2.52. The van der Waals surface area contributed by atoms with Crippen molar-refractivity contribution in [2.45, 2.75) is 20.0 Å². The molecule has 2 aromatic heterocycles. The number of aryl methyl sites for hydroxylation is 1. The second-order valence-corrected chi connectivity index (χ2v) is 3.75. The number of hydrogen-bond donors (Lipinski definition) is 1. The van der Waals surface area contributed by atoms with Gasteiger partial charge < -0.3 is 5.32 Å². The molecule has 0 aromatic carbocycles. The Morgan fingerprint density at radius 3 is 2.94 bits per heavy atom. The minimum atomic E-state index is 0.504. The van der Waals surface area contributed by atoms with Crippen LogP contribution in [0.15, 0.2) is 30.6 Å². The molecule has 0 aliphatic carbocycles. The van der Waals surface area contributed by atoms with E-state index < -0.39 is 0 Å². The summed E-state index contributed by atoms with van der Waals surface area (Å²) in [6, 6.07) is 5.67. The first-order valence-corrected chi connectivity index (χ1v) is 5.53. The highest BCUT2D eigenvalue weighted by Gasteiger charge is 2.00. The molecule has 4 nitrogen and oxygen atoms in total. The van der Waals surface area contributed by atoms with Gasteiger partial charge in [0.05, 0.1) is 24.1 Å². The molecular weight excluding hydrogens is 224 g/mol. The van der Waals surface area contributed by atoms with Crippen molar-refractivity contribution >= 4 is 17.3 Å². The highest BCUT2D eigenvalue weighted by Crippen LogP contribution is 2.11. The molecule has 84 valence electrons. The second kappa shape index (κ2) is 4.99. The van der Waals surface area contributed by atoms with Gasteiger partial charge in [-0.3, -0.25) is 4.68 Å². The van der Waals surface area contributed by atoms with Crippen LogP contribution in [-0.4, -0.2) is 14.8 Å². The topological polar surface area (TPSA) is 42.7 Å². The normalized spacial score (nSPS) is 10.4. The maximum atomic E-state index is 5.71. The molecular formula is C11H13ClN4. The van der Waals surface area contributed by atoms with Crippen LogP contribution in [0.1, 0.15) is 12.6 Å². The number of hydrogen-bond acceptors (Lipinski definition) is 3. The summed E-state index contributed by atoms with van der Waals surface area (Å²) in [6.45, 7) is 3.68. The Hall–Kier alpha value is -1.55. The maximum Gasteiger partial charge on any atom is 0.129 e. The van der Waals surface area contributed by atoms with E-state index in [1.165, 1.54) is 0 Å². The molecule has 0 radical (unpaired) electrons. The van der Waals surface area contributed by atoms with Gasteiger partial charge in [-0.15, -0.1) is 0 Å². The first kappa shape index (κ1) is 11.0. The van der Waals surface area contributed by atoms with Crippen molar-refractivity contribution in [3.05, 3.63) is 41.4 Å². The van der Waals surface area contributed by atoms with Crippen LogP contribution in [0.25, 0.3) is 0 Å². The summed E-state index contributed by atoms with van der Waals surface area (Å²) in [5, 5.41) is 7.97. The lowest BCUT2D eigenvalue weighted by Crippen LogP contribution is -2.07. The molecule has 1 N–H and O–H groups in total. The van der Waals surface area contributed by atoms with Gasteiger partial charge in [-0.1, -0.05) is 11.6 Å². The van der Waals surface area contributed by atoms with E-state index in [9.17, 15) is 0 Å². The molecule has 0 fully saturated rings. The highest BCUT2D eigenvalue weighted by atomic mass is 35.5. The monoisotopic (exact) mass is 236 g/mol. The van der Waals surface area contributed by atoms with Gasteiger partial charge in [0, 0.05) is 12.7 Å². The van der Waals surface area contributed by atoms with E-state index in [1.54, 1.807) is 18.5 Å². The van der Waals surface area contributed by atoms with Gasteiger partial charge >= 0.3 is 0 Å². The molecule has 0 unspecified atom stereocenters. The number of halogens is 1. The van der Waals surface area contributed by atoms with Crippen molar-refractivity contribution in [2.75, 3.05) is 5.32 Å². The fraction of sp³-hybridized carbons (Fsp3) is 0.273. The number of aromatic nitrogens is 3. The summed E-state index contributed by atoms with van der Waals surface area (Å²) < 4.78 is 1.95. The summed E-state index contributed by atoms with van der Waals surface area (Å²) in [7, 11) is 0. The van der Waals surface area contributed by atoms with Crippen LogP contribution in [-0.2, 0) is 13.1 Å². The lowest BCUT2D eigenvalue weighted by atomic mass is 10.3. The number of nitrogens with zero attached hydrogens (tertiary/aromatic N) is 3. The average molecular weight is 237 g/mol. The summed E-state index contributed by atoms with van der Waals surface area (Å²) in [5.41, 5.74) is 2.10. The standard InChI is InChI=1S/C11H13ClN4/c1-2-16-10(5-6-15-16)8-13-9-3-4-11(12)14-7-9/h3-7,13H,2,8H2,1H3. The molecule has 2 rings (SSSR count). The number of anilines is 1. The Bertz CT molecular complexity index is 449. The van der Waals surface area contributed by atoms with Gasteiger partial charge in [-0.2, -0.15) is 5.10 Å². The minimum absolute atomic E-state index is 0.504. The number of pyridine rings is 1. The van der Waals surface area contributed by atoms with E-state index in [1.807, 2.05) is 16.8 Å². The Labute approximate surface area is 99.3 Å². The molecule has 5 heteroatoms. The van der Waals surface area contributed by atoms with Crippen LogP contribution in [0, 0.1) is 0 Å². The van der Waals surface area contributed by atoms with E-state index >= 15 is 0 Å². The lowest BCUT2D eigenvalue weighted by Gasteiger charge is -2.07.